The van der Waals surface area contributed by atoms with Crippen LogP contribution < -0.4 is 5.32 Å². The van der Waals surface area contributed by atoms with Gasteiger partial charge in [-0.2, -0.15) is 4.80 Å². The highest BCUT2D eigenvalue weighted by atomic mass is 35.5. The van der Waals surface area contributed by atoms with Crippen LogP contribution in [-0.2, 0) is 13.5 Å². The summed E-state index contributed by atoms with van der Waals surface area (Å²) in [7, 11) is 1.61. The smallest absolute Gasteiger partial charge is 0.270 e. The van der Waals surface area contributed by atoms with E-state index in [-0.39, 0.29) is 17.0 Å². The number of aryl methyl sites for hydroxylation is 2. The lowest BCUT2D eigenvalue weighted by molar-refractivity contribution is 0.102. The molecule has 2 rings (SSSR count). The Morgan fingerprint density at radius 3 is 2.89 bits per heavy atom. The SMILES string of the molecule is CCc1cc(C(=O)Nc2nnn(C)n2)cc(Cl)n1. The lowest BCUT2D eigenvalue weighted by atomic mass is 10.2. The lowest BCUT2D eigenvalue weighted by Crippen LogP contribution is -2.14. The maximum atomic E-state index is 11.9. The molecule has 0 saturated carbocycles. The predicted molar refractivity (Wildman–Crippen MR) is 65.4 cm³/mol. The van der Waals surface area contributed by atoms with E-state index in [4.69, 9.17) is 11.6 Å². The number of amides is 1. The normalized spacial score (nSPS) is 10.4. The van der Waals surface area contributed by atoms with Gasteiger partial charge in [0, 0.05) is 11.3 Å². The molecule has 0 fully saturated rings. The zero-order valence-corrected chi connectivity index (χ0v) is 10.6. The highest BCUT2D eigenvalue weighted by Gasteiger charge is 2.11. The number of rotatable bonds is 3. The van der Waals surface area contributed by atoms with Gasteiger partial charge >= 0.3 is 0 Å². The van der Waals surface area contributed by atoms with E-state index in [1.54, 1.807) is 13.1 Å². The van der Waals surface area contributed by atoms with E-state index in [1.807, 2.05) is 6.92 Å². The molecule has 0 aromatic carbocycles. The molecular weight excluding hydrogens is 256 g/mol. The van der Waals surface area contributed by atoms with Crippen LogP contribution in [0.1, 0.15) is 23.0 Å². The first-order valence-corrected chi connectivity index (χ1v) is 5.68. The topological polar surface area (TPSA) is 85.6 Å². The van der Waals surface area contributed by atoms with Crippen molar-refractivity contribution in [3.05, 3.63) is 28.5 Å². The Labute approximate surface area is 108 Å². The summed E-state index contributed by atoms with van der Waals surface area (Å²) in [5.41, 5.74) is 1.17. The Morgan fingerprint density at radius 2 is 2.28 bits per heavy atom. The molecular formula is C10H11ClN6O. The van der Waals surface area contributed by atoms with Gasteiger partial charge in [-0.1, -0.05) is 23.6 Å². The predicted octanol–water partition coefficient (Wildman–Crippen LogP) is 1.07. The van der Waals surface area contributed by atoms with Crippen molar-refractivity contribution in [1.29, 1.82) is 0 Å². The minimum atomic E-state index is -0.345. The Kier molecular flexibility index (Phi) is 3.52. The second-order valence-corrected chi connectivity index (χ2v) is 3.97. The standard InChI is InChI=1S/C10H11ClN6O/c1-3-7-4-6(5-8(11)12-7)9(18)13-10-14-16-17(2)15-10/h4-5H,3H2,1-2H3,(H,13,15,18). The third-order valence-corrected chi connectivity index (χ3v) is 2.40. The van der Waals surface area contributed by atoms with Crippen molar-refractivity contribution < 1.29 is 4.79 Å². The minimum Gasteiger partial charge on any atom is -0.288 e. The van der Waals surface area contributed by atoms with Gasteiger partial charge in [0.05, 0.1) is 7.05 Å². The molecule has 1 amide bonds. The monoisotopic (exact) mass is 266 g/mol. The van der Waals surface area contributed by atoms with Crippen molar-refractivity contribution in [1.82, 2.24) is 25.2 Å². The summed E-state index contributed by atoms with van der Waals surface area (Å²) < 4.78 is 0. The molecule has 0 radical (unpaired) electrons. The minimum absolute atomic E-state index is 0.147. The van der Waals surface area contributed by atoms with Crippen molar-refractivity contribution in [2.24, 2.45) is 7.05 Å². The van der Waals surface area contributed by atoms with Crippen LogP contribution in [0.4, 0.5) is 5.95 Å². The van der Waals surface area contributed by atoms with Gasteiger partial charge in [-0.25, -0.2) is 4.98 Å². The maximum absolute atomic E-state index is 11.9. The number of carbonyl (C=O) groups excluding carboxylic acids is 1. The molecule has 0 unspecified atom stereocenters. The molecule has 8 heteroatoms. The lowest BCUT2D eigenvalue weighted by Gasteiger charge is -2.03. The van der Waals surface area contributed by atoms with E-state index in [2.05, 4.69) is 25.7 Å². The van der Waals surface area contributed by atoms with Crippen LogP contribution >= 0.6 is 11.6 Å². The van der Waals surface area contributed by atoms with Crippen molar-refractivity contribution in [3.8, 4) is 0 Å². The first-order chi connectivity index (χ1) is 8.58. The molecule has 0 aliphatic carbocycles. The Hall–Kier alpha value is -2.02. The zero-order valence-electron chi connectivity index (χ0n) is 9.88. The average molecular weight is 267 g/mol. The van der Waals surface area contributed by atoms with E-state index >= 15 is 0 Å². The quantitative estimate of drug-likeness (QED) is 0.840. The highest BCUT2D eigenvalue weighted by molar-refractivity contribution is 6.29. The number of pyridine rings is 1. The molecule has 0 saturated heterocycles. The van der Waals surface area contributed by atoms with Crippen molar-refractivity contribution in [2.45, 2.75) is 13.3 Å². The first-order valence-electron chi connectivity index (χ1n) is 5.30. The van der Waals surface area contributed by atoms with Crippen LogP contribution in [0.2, 0.25) is 5.15 Å². The number of halogens is 1. The summed E-state index contributed by atoms with van der Waals surface area (Å²) in [5, 5.41) is 14.0. The molecule has 0 aliphatic rings. The van der Waals surface area contributed by atoms with Crippen molar-refractivity contribution in [3.63, 3.8) is 0 Å². The Bertz CT molecular complexity index is 581. The molecule has 1 N–H and O–H groups in total. The second kappa shape index (κ2) is 5.09. The van der Waals surface area contributed by atoms with Gasteiger partial charge in [0.15, 0.2) is 0 Å². The van der Waals surface area contributed by atoms with Gasteiger partial charge in [0.1, 0.15) is 5.15 Å². The van der Waals surface area contributed by atoms with Crippen LogP contribution in [0, 0.1) is 0 Å². The van der Waals surface area contributed by atoms with E-state index in [1.165, 1.54) is 10.9 Å². The van der Waals surface area contributed by atoms with Crippen LogP contribution in [0.15, 0.2) is 12.1 Å². The van der Waals surface area contributed by atoms with E-state index in [9.17, 15) is 4.79 Å². The molecule has 7 nitrogen and oxygen atoms in total. The van der Waals surface area contributed by atoms with Gasteiger partial charge in [-0.15, -0.1) is 5.10 Å². The molecule has 0 spiro atoms. The summed E-state index contributed by atoms with van der Waals surface area (Å²) in [4.78, 5) is 17.3. The molecule has 2 aromatic heterocycles. The summed E-state index contributed by atoms with van der Waals surface area (Å²) in [6.07, 6.45) is 0.699. The molecule has 0 aliphatic heterocycles. The third-order valence-electron chi connectivity index (χ3n) is 2.21. The third kappa shape index (κ3) is 2.80. The number of aromatic nitrogens is 5. The fraction of sp³-hybridized carbons (Fsp3) is 0.300. The molecule has 0 bridgehead atoms. The second-order valence-electron chi connectivity index (χ2n) is 3.58. The zero-order chi connectivity index (χ0) is 13.1. The van der Waals surface area contributed by atoms with Crippen LogP contribution in [0.5, 0.6) is 0 Å². The van der Waals surface area contributed by atoms with E-state index in [0.717, 1.165) is 5.69 Å². The number of anilines is 1. The van der Waals surface area contributed by atoms with Gasteiger partial charge < -0.3 is 0 Å². The Balaban J connectivity index is 2.20. The van der Waals surface area contributed by atoms with E-state index < -0.39 is 0 Å². The first kappa shape index (κ1) is 12.4. The van der Waals surface area contributed by atoms with Gasteiger partial charge in [0.25, 0.3) is 11.9 Å². The number of nitrogens with one attached hydrogen (secondary N) is 1. The summed E-state index contributed by atoms with van der Waals surface area (Å²) in [5.74, 6) is -0.199. The van der Waals surface area contributed by atoms with Gasteiger partial charge in [-0.3, -0.25) is 10.1 Å². The number of hydrogen-bond acceptors (Lipinski definition) is 5. The summed E-state index contributed by atoms with van der Waals surface area (Å²) >= 11 is 5.84. The maximum Gasteiger partial charge on any atom is 0.270 e. The Morgan fingerprint density at radius 1 is 1.50 bits per heavy atom. The van der Waals surface area contributed by atoms with Crippen LogP contribution in [0.25, 0.3) is 0 Å². The highest BCUT2D eigenvalue weighted by Crippen LogP contribution is 2.12. The summed E-state index contributed by atoms with van der Waals surface area (Å²) in [6.45, 7) is 1.94. The largest absolute Gasteiger partial charge is 0.288 e. The molecule has 0 atom stereocenters. The molecule has 18 heavy (non-hydrogen) atoms. The van der Waals surface area contributed by atoms with Crippen LogP contribution in [-0.4, -0.2) is 31.1 Å². The molecule has 2 aromatic rings. The molecule has 2 heterocycles. The van der Waals surface area contributed by atoms with E-state index in [0.29, 0.717) is 12.0 Å². The average Bonchev–Trinajstić information content (AvgIpc) is 2.73. The van der Waals surface area contributed by atoms with Crippen LogP contribution in [0.3, 0.4) is 0 Å². The van der Waals surface area contributed by atoms with Gasteiger partial charge in [0.2, 0.25) is 0 Å². The number of hydrogen-bond donors (Lipinski definition) is 1. The molecule has 94 valence electrons. The van der Waals surface area contributed by atoms with Crippen molar-refractivity contribution >= 4 is 23.5 Å². The van der Waals surface area contributed by atoms with Crippen molar-refractivity contribution in [2.75, 3.05) is 5.32 Å². The van der Waals surface area contributed by atoms with Gasteiger partial charge in [-0.05, 0) is 23.8 Å². The number of carbonyl (C=O) groups is 1. The number of tetrazole rings is 1. The fourth-order valence-corrected chi connectivity index (χ4v) is 1.60. The number of nitrogens with zero attached hydrogens (tertiary/aromatic N) is 5. The summed E-state index contributed by atoms with van der Waals surface area (Å²) in [6, 6.07) is 3.17. The fourth-order valence-electron chi connectivity index (χ4n) is 1.37.